The summed E-state index contributed by atoms with van der Waals surface area (Å²) in [7, 11) is 0. The highest BCUT2D eigenvalue weighted by Crippen LogP contribution is 2.13. The number of ether oxygens (including phenoxy) is 3. The second-order valence-electron chi connectivity index (χ2n) is 16.7. The Bertz CT molecular complexity index is 1200. The first kappa shape index (κ1) is 58.8. The van der Waals surface area contributed by atoms with Gasteiger partial charge in [-0.1, -0.05) is 195 Å². The van der Waals surface area contributed by atoms with E-state index in [1.165, 1.54) is 77.0 Å². The van der Waals surface area contributed by atoms with Gasteiger partial charge in [0.25, 0.3) is 0 Å². The van der Waals surface area contributed by atoms with Crippen LogP contribution < -0.4 is 0 Å². The Balaban J connectivity index is 4.36. The lowest BCUT2D eigenvalue weighted by Crippen LogP contribution is -2.30. The highest BCUT2D eigenvalue weighted by atomic mass is 16.6. The first-order chi connectivity index (χ1) is 30.6. The molecular weight excluding hydrogens is 765 g/mol. The van der Waals surface area contributed by atoms with Crippen molar-refractivity contribution in [3.05, 3.63) is 97.2 Å². The van der Waals surface area contributed by atoms with Gasteiger partial charge < -0.3 is 14.2 Å². The highest BCUT2D eigenvalue weighted by molar-refractivity contribution is 5.70. The van der Waals surface area contributed by atoms with Crippen molar-refractivity contribution in [1.82, 2.24) is 0 Å². The molecule has 0 amide bonds. The Morgan fingerprint density at radius 2 is 0.758 bits per heavy atom. The van der Waals surface area contributed by atoms with Crippen molar-refractivity contribution < 1.29 is 23.8 Å². The zero-order valence-electron chi connectivity index (χ0n) is 40.6. The van der Waals surface area contributed by atoms with Gasteiger partial charge in [0, 0.05) is 19.4 Å². The Kier molecular flexibility index (Phi) is 49.5. The maximum atomic E-state index is 12.8. The Hall–Kier alpha value is -3.18. The quantitative estimate of drug-likeness (QED) is 0.0347. The van der Waals surface area contributed by atoms with Crippen molar-refractivity contribution in [3.8, 4) is 0 Å². The summed E-state index contributed by atoms with van der Waals surface area (Å²) in [5.74, 6) is -0.444. The standard InChI is InChI=1S/C57H96O5/c1-4-7-10-13-16-19-22-25-27-28-29-31-34-37-40-43-46-49-52-60-53-55(62-57(59)51-48-45-42-39-36-32-24-21-18-15-12-9-6-3)54-61-56(58)50-47-44-41-38-35-33-30-26-23-20-17-14-11-8-5-2/h7,10,12,15-17,19-21,24-27,29-31,55H,4-6,8-9,11,13-14,18,22-23,28,32-54H2,1-3H3/b10-7-,15-12-,19-16-,20-17-,24-21-,27-25-,30-26-,31-29-. The van der Waals surface area contributed by atoms with Gasteiger partial charge in [-0.05, 0) is 116 Å². The van der Waals surface area contributed by atoms with Gasteiger partial charge in [-0.2, -0.15) is 0 Å². The molecule has 0 aliphatic heterocycles. The van der Waals surface area contributed by atoms with Gasteiger partial charge in [-0.25, -0.2) is 0 Å². The highest BCUT2D eigenvalue weighted by Gasteiger charge is 2.17. The van der Waals surface area contributed by atoms with Gasteiger partial charge in [0.05, 0.1) is 6.61 Å². The molecule has 0 radical (unpaired) electrons. The van der Waals surface area contributed by atoms with Crippen molar-refractivity contribution in [1.29, 1.82) is 0 Å². The summed E-state index contributed by atoms with van der Waals surface area (Å²) in [5.41, 5.74) is 0. The third-order valence-corrected chi connectivity index (χ3v) is 10.6. The third-order valence-electron chi connectivity index (χ3n) is 10.6. The smallest absolute Gasteiger partial charge is 0.306 e. The van der Waals surface area contributed by atoms with E-state index >= 15 is 0 Å². The van der Waals surface area contributed by atoms with Crippen molar-refractivity contribution >= 4 is 11.9 Å². The molecule has 0 saturated heterocycles. The lowest BCUT2D eigenvalue weighted by atomic mass is 10.1. The molecule has 1 unspecified atom stereocenters. The molecule has 0 aliphatic rings. The molecular formula is C57H96O5. The monoisotopic (exact) mass is 861 g/mol. The van der Waals surface area contributed by atoms with E-state index in [-0.39, 0.29) is 25.2 Å². The molecule has 0 aromatic rings. The second-order valence-corrected chi connectivity index (χ2v) is 16.7. The van der Waals surface area contributed by atoms with E-state index in [0.717, 1.165) is 116 Å². The fraction of sp³-hybridized carbons (Fsp3) is 0.684. The van der Waals surface area contributed by atoms with E-state index in [4.69, 9.17) is 14.2 Å². The summed E-state index contributed by atoms with van der Waals surface area (Å²) in [5, 5.41) is 0. The SMILES string of the molecule is CC/C=C\C/C=C\C/C=C\C/C=C\CCCCCCCOCC(COC(=O)CCCCCCC/C=C\C/C=C\CCCCC)OC(=O)CCCCCCC/C=C\C/C=C\CCC. The second kappa shape index (κ2) is 52.2. The lowest BCUT2D eigenvalue weighted by molar-refractivity contribution is -0.163. The Morgan fingerprint density at radius 1 is 0.371 bits per heavy atom. The molecule has 0 aliphatic carbocycles. The third kappa shape index (κ3) is 49.5. The minimum atomic E-state index is -0.564. The maximum Gasteiger partial charge on any atom is 0.306 e. The minimum Gasteiger partial charge on any atom is -0.462 e. The van der Waals surface area contributed by atoms with Crippen molar-refractivity contribution in [2.45, 2.75) is 232 Å². The Labute approximate surface area is 383 Å². The normalized spacial score (nSPS) is 13.0. The van der Waals surface area contributed by atoms with Crippen molar-refractivity contribution in [2.75, 3.05) is 19.8 Å². The number of hydrogen-bond acceptors (Lipinski definition) is 5. The molecule has 0 spiro atoms. The average molecular weight is 861 g/mol. The van der Waals surface area contributed by atoms with E-state index < -0.39 is 6.10 Å². The van der Waals surface area contributed by atoms with E-state index in [0.29, 0.717) is 19.4 Å². The van der Waals surface area contributed by atoms with Crippen LogP contribution >= 0.6 is 0 Å². The number of unbranched alkanes of at least 4 members (excludes halogenated alkanes) is 19. The number of carbonyl (C=O) groups excluding carboxylic acids is 2. The minimum absolute atomic E-state index is 0.0596. The fourth-order valence-electron chi connectivity index (χ4n) is 6.74. The van der Waals surface area contributed by atoms with Crippen LogP contribution in [0.5, 0.6) is 0 Å². The van der Waals surface area contributed by atoms with E-state index in [1.54, 1.807) is 0 Å². The zero-order chi connectivity index (χ0) is 44.9. The number of hydrogen-bond donors (Lipinski definition) is 0. The Morgan fingerprint density at radius 3 is 1.23 bits per heavy atom. The lowest BCUT2D eigenvalue weighted by Gasteiger charge is -2.18. The number of esters is 2. The van der Waals surface area contributed by atoms with E-state index in [9.17, 15) is 9.59 Å². The summed E-state index contributed by atoms with van der Waals surface area (Å²) in [6.45, 7) is 7.55. The van der Waals surface area contributed by atoms with Crippen LogP contribution in [0.15, 0.2) is 97.2 Å². The molecule has 5 heteroatoms. The van der Waals surface area contributed by atoms with Gasteiger partial charge in [-0.15, -0.1) is 0 Å². The zero-order valence-corrected chi connectivity index (χ0v) is 40.6. The van der Waals surface area contributed by atoms with Crippen LogP contribution in [0, 0.1) is 0 Å². The molecule has 0 aromatic carbocycles. The van der Waals surface area contributed by atoms with E-state index in [1.807, 2.05) is 0 Å². The number of carbonyl (C=O) groups is 2. The summed E-state index contributed by atoms with van der Waals surface area (Å²) < 4.78 is 17.4. The predicted molar refractivity (Wildman–Crippen MR) is 270 cm³/mol. The molecule has 0 heterocycles. The summed E-state index contributed by atoms with van der Waals surface area (Å²) >= 11 is 0. The topological polar surface area (TPSA) is 61.8 Å². The fourth-order valence-corrected chi connectivity index (χ4v) is 6.74. The first-order valence-corrected chi connectivity index (χ1v) is 25.8. The molecule has 0 rings (SSSR count). The molecule has 0 saturated carbocycles. The van der Waals surface area contributed by atoms with Crippen LogP contribution in [-0.2, 0) is 23.8 Å². The first-order valence-electron chi connectivity index (χ1n) is 25.8. The van der Waals surface area contributed by atoms with Crippen LogP contribution in [0.25, 0.3) is 0 Å². The van der Waals surface area contributed by atoms with Gasteiger partial charge in [0.2, 0.25) is 0 Å². The molecule has 1 atom stereocenters. The van der Waals surface area contributed by atoms with E-state index in [2.05, 4.69) is 118 Å². The molecule has 0 fully saturated rings. The van der Waals surface area contributed by atoms with Gasteiger partial charge in [-0.3, -0.25) is 9.59 Å². The summed E-state index contributed by atoms with van der Waals surface area (Å²) in [6, 6.07) is 0. The van der Waals surface area contributed by atoms with Crippen molar-refractivity contribution in [2.24, 2.45) is 0 Å². The maximum absolute atomic E-state index is 12.8. The molecule has 62 heavy (non-hydrogen) atoms. The van der Waals surface area contributed by atoms with Crippen LogP contribution in [0.3, 0.4) is 0 Å². The average Bonchev–Trinajstić information content (AvgIpc) is 3.27. The molecule has 0 N–H and O–H groups in total. The summed E-state index contributed by atoms with van der Waals surface area (Å²) in [6.07, 6.45) is 69.8. The van der Waals surface area contributed by atoms with Crippen LogP contribution in [0.1, 0.15) is 226 Å². The predicted octanol–water partition coefficient (Wildman–Crippen LogP) is 17.5. The van der Waals surface area contributed by atoms with Crippen LogP contribution in [0.2, 0.25) is 0 Å². The molecule has 0 bridgehead atoms. The van der Waals surface area contributed by atoms with Gasteiger partial charge >= 0.3 is 11.9 Å². The number of rotatable bonds is 46. The molecule has 0 aromatic heterocycles. The largest absolute Gasteiger partial charge is 0.462 e. The van der Waals surface area contributed by atoms with Gasteiger partial charge in [0.1, 0.15) is 6.61 Å². The molecule has 354 valence electrons. The molecule has 5 nitrogen and oxygen atoms in total. The number of allylic oxidation sites excluding steroid dienone is 16. The summed E-state index contributed by atoms with van der Waals surface area (Å²) in [4.78, 5) is 25.4. The van der Waals surface area contributed by atoms with Crippen molar-refractivity contribution in [3.63, 3.8) is 0 Å². The van der Waals surface area contributed by atoms with Crippen LogP contribution in [-0.4, -0.2) is 37.9 Å². The van der Waals surface area contributed by atoms with Crippen LogP contribution in [0.4, 0.5) is 0 Å². The van der Waals surface area contributed by atoms with Gasteiger partial charge in [0.15, 0.2) is 6.10 Å².